The number of carboxylic acids is 1. The molecular formula is C15H21N3O3. The second-order valence-corrected chi connectivity index (χ2v) is 5.59. The molecule has 1 saturated carbocycles. The molecule has 0 heterocycles. The van der Waals surface area contributed by atoms with Crippen LogP contribution < -0.4 is 15.5 Å². The van der Waals surface area contributed by atoms with Gasteiger partial charge in [0.2, 0.25) is 0 Å². The van der Waals surface area contributed by atoms with Crippen LogP contribution in [-0.2, 0) is 4.79 Å². The molecule has 0 bridgehead atoms. The topological polar surface area (TPSA) is 81.7 Å². The van der Waals surface area contributed by atoms with Crippen LogP contribution in [0.4, 0.5) is 16.2 Å². The molecule has 0 aliphatic heterocycles. The van der Waals surface area contributed by atoms with Gasteiger partial charge < -0.3 is 20.6 Å². The summed E-state index contributed by atoms with van der Waals surface area (Å²) in [6.45, 7) is 0. The van der Waals surface area contributed by atoms with Crippen LogP contribution in [0.3, 0.4) is 0 Å². The van der Waals surface area contributed by atoms with Crippen molar-refractivity contribution in [2.75, 3.05) is 24.3 Å². The Kier molecular flexibility index (Phi) is 4.67. The molecule has 0 unspecified atom stereocenters. The molecule has 2 amide bonds. The quantitative estimate of drug-likeness (QED) is 0.793. The Morgan fingerprint density at radius 1 is 1.29 bits per heavy atom. The summed E-state index contributed by atoms with van der Waals surface area (Å²) in [5, 5.41) is 14.6. The van der Waals surface area contributed by atoms with Crippen LogP contribution in [0.25, 0.3) is 0 Å². The minimum absolute atomic E-state index is 0.0665. The first-order chi connectivity index (χ1) is 9.95. The van der Waals surface area contributed by atoms with Crippen molar-refractivity contribution in [3.8, 4) is 0 Å². The number of carbonyl (C=O) groups excluding carboxylic acids is 1. The molecule has 3 N–H and O–H groups in total. The Labute approximate surface area is 124 Å². The molecule has 6 nitrogen and oxygen atoms in total. The SMILES string of the molecule is CN(C)c1cccc(NC(=O)N[C@H]2CC[C@@H](C(=O)O)C2)c1. The van der Waals surface area contributed by atoms with Crippen molar-refractivity contribution in [2.45, 2.75) is 25.3 Å². The predicted octanol–water partition coefficient (Wildman–Crippen LogP) is 2.13. The zero-order valence-corrected chi connectivity index (χ0v) is 12.3. The molecule has 0 saturated heterocycles. The maximum atomic E-state index is 11.9. The van der Waals surface area contributed by atoms with Gasteiger partial charge in [-0.2, -0.15) is 0 Å². The van der Waals surface area contributed by atoms with Gasteiger partial charge in [0.1, 0.15) is 0 Å². The number of carbonyl (C=O) groups is 2. The van der Waals surface area contributed by atoms with Crippen molar-refractivity contribution in [3.63, 3.8) is 0 Å². The molecule has 114 valence electrons. The molecule has 1 aromatic rings. The van der Waals surface area contributed by atoms with E-state index in [9.17, 15) is 9.59 Å². The molecule has 0 aromatic heterocycles. The largest absolute Gasteiger partial charge is 0.481 e. The van der Waals surface area contributed by atoms with Gasteiger partial charge in [-0.1, -0.05) is 6.07 Å². The van der Waals surface area contributed by atoms with E-state index in [4.69, 9.17) is 5.11 Å². The molecule has 6 heteroatoms. The highest BCUT2D eigenvalue weighted by Gasteiger charge is 2.30. The standard InChI is InChI=1S/C15H21N3O3/c1-18(2)13-5-3-4-11(9-13)16-15(21)17-12-7-6-10(8-12)14(19)20/h3-5,9-10,12H,6-8H2,1-2H3,(H,19,20)(H2,16,17,21)/t10-,12+/m1/s1. The van der Waals surface area contributed by atoms with Crippen LogP contribution in [-0.4, -0.2) is 37.2 Å². The maximum Gasteiger partial charge on any atom is 0.319 e. The van der Waals surface area contributed by atoms with Gasteiger partial charge in [-0.25, -0.2) is 4.79 Å². The van der Waals surface area contributed by atoms with Crippen LogP contribution in [0.1, 0.15) is 19.3 Å². The number of hydrogen-bond donors (Lipinski definition) is 3. The highest BCUT2D eigenvalue weighted by atomic mass is 16.4. The fraction of sp³-hybridized carbons (Fsp3) is 0.467. The molecule has 1 aromatic carbocycles. The summed E-state index contributed by atoms with van der Waals surface area (Å²) in [6.07, 6.45) is 1.83. The van der Waals surface area contributed by atoms with E-state index in [1.807, 2.05) is 43.3 Å². The fourth-order valence-electron chi connectivity index (χ4n) is 2.55. The molecule has 21 heavy (non-hydrogen) atoms. The lowest BCUT2D eigenvalue weighted by Gasteiger charge is -2.16. The lowest BCUT2D eigenvalue weighted by molar-refractivity contribution is -0.141. The molecule has 1 fully saturated rings. The monoisotopic (exact) mass is 291 g/mol. The third kappa shape index (κ3) is 4.11. The number of anilines is 2. The first-order valence-corrected chi connectivity index (χ1v) is 7.03. The average molecular weight is 291 g/mol. The van der Waals surface area contributed by atoms with Crippen LogP contribution in [0.5, 0.6) is 0 Å². The van der Waals surface area contributed by atoms with Crippen molar-refractivity contribution in [3.05, 3.63) is 24.3 Å². The van der Waals surface area contributed by atoms with Crippen molar-refractivity contribution in [2.24, 2.45) is 5.92 Å². The summed E-state index contributed by atoms with van der Waals surface area (Å²) in [7, 11) is 3.87. The van der Waals surface area contributed by atoms with E-state index < -0.39 is 5.97 Å². The van der Waals surface area contributed by atoms with E-state index in [-0.39, 0.29) is 18.0 Å². The van der Waals surface area contributed by atoms with Gasteiger partial charge >= 0.3 is 12.0 Å². The van der Waals surface area contributed by atoms with E-state index in [0.29, 0.717) is 24.9 Å². The first-order valence-electron chi connectivity index (χ1n) is 7.03. The number of benzene rings is 1. The maximum absolute atomic E-state index is 11.9. The Balaban J connectivity index is 1.88. The van der Waals surface area contributed by atoms with E-state index in [1.165, 1.54) is 0 Å². The van der Waals surface area contributed by atoms with Crippen LogP contribution in [0.15, 0.2) is 24.3 Å². The first kappa shape index (κ1) is 15.2. The van der Waals surface area contributed by atoms with Crippen molar-refractivity contribution >= 4 is 23.4 Å². The lowest BCUT2D eigenvalue weighted by atomic mass is 10.1. The Morgan fingerprint density at radius 2 is 2.05 bits per heavy atom. The van der Waals surface area contributed by atoms with Crippen LogP contribution in [0, 0.1) is 5.92 Å². The Morgan fingerprint density at radius 3 is 2.67 bits per heavy atom. The van der Waals surface area contributed by atoms with Gasteiger partial charge in [0.05, 0.1) is 5.92 Å². The molecule has 0 spiro atoms. The Bertz CT molecular complexity index is 531. The van der Waals surface area contributed by atoms with Crippen LogP contribution in [0.2, 0.25) is 0 Å². The highest BCUT2D eigenvalue weighted by Crippen LogP contribution is 2.25. The minimum Gasteiger partial charge on any atom is -0.481 e. The van der Waals surface area contributed by atoms with E-state index >= 15 is 0 Å². The van der Waals surface area contributed by atoms with Gasteiger partial charge in [0.15, 0.2) is 0 Å². The van der Waals surface area contributed by atoms with Gasteiger partial charge in [-0.15, -0.1) is 0 Å². The zero-order valence-electron chi connectivity index (χ0n) is 12.3. The van der Waals surface area contributed by atoms with Crippen LogP contribution >= 0.6 is 0 Å². The molecule has 0 radical (unpaired) electrons. The number of nitrogens with zero attached hydrogens (tertiary/aromatic N) is 1. The molecule has 2 atom stereocenters. The van der Waals surface area contributed by atoms with E-state index in [2.05, 4.69) is 10.6 Å². The number of carboxylic acid groups (broad SMARTS) is 1. The van der Waals surface area contributed by atoms with Gasteiger partial charge in [-0.05, 0) is 37.5 Å². The number of hydrogen-bond acceptors (Lipinski definition) is 3. The zero-order chi connectivity index (χ0) is 15.4. The second kappa shape index (κ2) is 6.47. The Hall–Kier alpha value is -2.24. The molecular weight excluding hydrogens is 270 g/mol. The smallest absolute Gasteiger partial charge is 0.319 e. The highest BCUT2D eigenvalue weighted by molar-refractivity contribution is 5.90. The number of aliphatic carboxylic acids is 1. The summed E-state index contributed by atoms with van der Waals surface area (Å²) in [6, 6.07) is 7.18. The van der Waals surface area contributed by atoms with Crippen molar-refractivity contribution in [1.82, 2.24) is 5.32 Å². The predicted molar refractivity (Wildman–Crippen MR) is 81.7 cm³/mol. The molecule has 2 rings (SSSR count). The summed E-state index contributed by atoms with van der Waals surface area (Å²) in [4.78, 5) is 24.8. The van der Waals surface area contributed by atoms with E-state index in [0.717, 1.165) is 5.69 Å². The fourth-order valence-corrected chi connectivity index (χ4v) is 2.55. The number of nitrogens with one attached hydrogen (secondary N) is 2. The molecule has 1 aliphatic carbocycles. The summed E-state index contributed by atoms with van der Waals surface area (Å²) >= 11 is 0. The average Bonchev–Trinajstić information content (AvgIpc) is 2.87. The van der Waals surface area contributed by atoms with E-state index in [1.54, 1.807) is 0 Å². The summed E-state index contributed by atoms with van der Waals surface area (Å²) < 4.78 is 0. The van der Waals surface area contributed by atoms with Crippen molar-refractivity contribution in [1.29, 1.82) is 0 Å². The van der Waals surface area contributed by atoms with Gasteiger partial charge in [-0.3, -0.25) is 4.79 Å². The molecule has 1 aliphatic rings. The number of urea groups is 1. The van der Waals surface area contributed by atoms with Crippen molar-refractivity contribution < 1.29 is 14.7 Å². The third-order valence-corrected chi connectivity index (χ3v) is 3.74. The number of rotatable bonds is 4. The van der Waals surface area contributed by atoms with Gasteiger partial charge in [0.25, 0.3) is 0 Å². The summed E-state index contributed by atoms with van der Waals surface area (Å²) in [5.74, 6) is -1.12. The summed E-state index contributed by atoms with van der Waals surface area (Å²) in [5.41, 5.74) is 1.71. The second-order valence-electron chi connectivity index (χ2n) is 5.59. The third-order valence-electron chi connectivity index (χ3n) is 3.74. The minimum atomic E-state index is -0.779. The normalized spacial score (nSPS) is 20.9. The lowest BCUT2D eigenvalue weighted by Crippen LogP contribution is -2.36. The number of amides is 2. The van der Waals surface area contributed by atoms with Gasteiger partial charge in [0, 0.05) is 31.5 Å².